The van der Waals surface area contributed by atoms with E-state index in [2.05, 4.69) is 46.5 Å². The molecule has 0 saturated carbocycles. The van der Waals surface area contributed by atoms with Crippen molar-refractivity contribution in [3.05, 3.63) is 59.2 Å². The second-order valence-corrected chi connectivity index (χ2v) is 9.35. The minimum absolute atomic E-state index is 0.0297. The molecule has 4 aromatic rings. The number of hydrogen-bond donors (Lipinski definition) is 1. The Morgan fingerprint density at radius 2 is 1.78 bits per heavy atom. The molecule has 1 saturated heterocycles. The third-order valence-electron chi connectivity index (χ3n) is 6.45. The standard InChI is InChI=1S/C27H28ClN5O3/c1-16-5-7-18(8-6-16)25-26(19-9-10-22(35-3)23(13-19)36-4)33-27(30-25)21(14-24(28)31-33)32-12-11-20(15-32)29-17(2)34/h5-10,13-14,20H,11-12,15H2,1-4H3,(H,29,34). The number of hydrogen-bond acceptors (Lipinski definition) is 6. The van der Waals surface area contributed by atoms with Crippen molar-refractivity contribution < 1.29 is 14.3 Å². The number of aryl methyl sites for hydroxylation is 1. The van der Waals surface area contributed by atoms with Gasteiger partial charge in [0, 0.05) is 43.2 Å². The topological polar surface area (TPSA) is 81.0 Å². The normalized spacial score (nSPS) is 15.4. The van der Waals surface area contributed by atoms with Crippen LogP contribution >= 0.6 is 11.6 Å². The predicted octanol–water partition coefficient (Wildman–Crippen LogP) is 4.76. The zero-order valence-corrected chi connectivity index (χ0v) is 21.5. The number of benzene rings is 2. The number of fused-ring (bicyclic) bond motifs is 1. The number of aromatic nitrogens is 3. The molecule has 1 aliphatic heterocycles. The lowest BCUT2D eigenvalue weighted by molar-refractivity contribution is -0.119. The number of anilines is 1. The van der Waals surface area contributed by atoms with Crippen LogP contribution in [0.25, 0.3) is 28.2 Å². The van der Waals surface area contributed by atoms with E-state index >= 15 is 0 Å². The Kier molecular flexibility index (Phi) is 6.45. The SMILES string of the molecule is COc1ccc(-c2c(-c3ccc(C)cc3)nc3c(N4CCC(NC(C)=O)C4)cc(Cl)nn23)cc1OC. The molecule has 5 rings (SSSR count). The molecule has 0 radical (unpaired) electrons. The van der Waals surface area contributed by atoms with Crippen molar-refractivity contribution in [2.24, 2.45) is 0 Å². The van der Waals surface area contributed by atoms with Gasteiger partial charge in [0.1, 0.15) is 5.69 Å². The maximum Gasteiger partial charge on any atom is 0.217 e. The van der Waals surface area contributed by atoms with Crippen molar-refractivity contribution in [2.75, 3.05) is 32.2 Å². The number of carbonyl (C=O) groups is 1. The van der Waals surface area contributed by atoms with Gasteiger partial charge in [-0.05, 0) is 31.5 Å². The van der Waals surface area contributed by atoms with Gasteiger partial charge in [-0.25, -0.2) is 9.50 Å². The summed E-state index contributed by atoms with van der Waals surface area (Å²) in [6.45, 7) is 5.05. The monoisotopic (exact) mass is 505 g/mol. The fraction of sp³-hybridized carbons (Fsp3) is 0.296. The number of nitrogens with zero attached hydrogens (tertiary/aromatic N) is 4. The van der Waals surface area contributed by atoms with Crippen LogP contribution in [0.4, 0.5) is 5.69 Å². The maximum atomic E-state index is 11.6. The second-order valence-electron chi connectivity index (χ2n) is 8.96. The Balaban J connectivity index is 1.72. The van der Waals surface area contributed by atoms with Gasteiger partial charge >= 0.3 is 0 Å². The Morgan fingerprint density at radius 1 is 1.06 bits per heavy atom. The summed E-state index contributed by atoms with van der Waals surface area (Å²) in [6, 6.07) is 15.9. The largest absolute Gasteiger partial charge is 0.493 e. The van der Waals surface area contributed by atoms with E-state index in [1.165, 1.54) is 0 Å². The van der Waals surface area contributed by atoms with E-state index in [9.17, 15) is 4.79 Å². The average molecular weight is 506 g/mol. The van der Waals surface area contributed by atoms with Gasteiger partial charge in [0.05, 0.1) is 25.6 Å². The zero-order valence-electron chi connectivity index (χ0n) is 20.7. The van der Waals surface area contributed by atoms with Gasteiger partial charge in [-0.3, -0.25) is 4.79 Å². The first kappa shape index (κ1) is 23.9. The number of ether oxygens (including phenoxy) is 2. The van der Waals surface area contributed by atoms with Crippen LogP contribution in [0.1, 0.15) is 18.9 Å². The smallest absolute Gasteiger partial charge is 0.217 e. The van der Waals surface area contributed by atoms with E-state index in [1.54, 1.807) is 25.7 Å². The summed E-state index contributed by atoms with van der Waals surface area (Å²) >= 11 is 6.56. The van der Waals surface area contributed by atoms with Crippen LogP contribution in [0, 0.1) is 6.92 Å². The first-order chi connectivity index (χ1) is 17.4. The molecule has 1 amide bonds. The van der Waals surface area contributed by atoms with Crippen LogP contribution in [0.5, 0.6) is 11.5 Å². The molecule has 1 fully saturated rings. The van der Waals surface area contributed by atoms with Crippen molar-refractivity contribution in [3.63, 3.8) is 0 Å². The maximum absolute atomic E-state index is 11.6. The summed E-state index contributed by atoms with van der Waals surface area (Å²) in [6.07, 6.45) is 0.847. The minimum Gasteiger partial charge on any atom is -0.493 e. The molecule has 0 aliphatic carbocycles. The number of halogens is 1. The zero-order chi connectivity index (χ0) is 25.4. The van der Waals surface area contributed by atoms with Crippen molar-refractivity contribution in [3.8, 4) is 34.0 Å². The number of amides is 1. The van der Waals surface area contributed by atoms with Crippen molar-refractivity contribution >= 4 is 28.8 Å². The lowest BCUT2D eigenvalue weighted by Gasteiger charge is -2.19. The molecule has 1 atom stereocenters. The summed E-state index contributed by atoms with van der Waals surface area (Å²) in [4.78, 5) is 18.9. The molecule has 2 aromatic heterocycles. The van der Waals surface area contributed by atoms with E-state index in [-0.39, 0.29) is 11.9 Å². The molecular formula is C27H28ClN5O3. The number of rotatable bonds is 6. The van der Waals surface area contributed by atoms with Crippen LogP contribution in [0.15, 0.2) is 48.5 Å². The van der Waals surface area contributed by atoms with E-state index < -0.39 is 0 Å². The predicted molar refractivity (Wildman–Crippen MR) is 141 cm³/mol. The Hall–Kier alpha value is -3.78. The van der Waals surface area contributed by atoms with Gasteiger partial charge in [-0.2, -0.15) is 5.10 Å². The summed E-state index contributed by atoms with van der Waals surface area (Å²) in [5.41, 5.74) is 6.17. The lowest BCUT2D eigenvalue weighted by atomic mass is 10.0. The molecule has 8 nitrogen and oxygen atoms in total. The fourth-order valence-electron chi connectivity index (χ4n) is 4.75. The molecular weight excluding hydrogens is 478 g/mol. The van der Waals surface area contributed by atoms with Gasteiger partial charge in [0.15, 0.2) is 22.3 Å². The van der Waals surface area contributed by atoms with Crippen LogP contribution in [0.3, 0.4) is 0 Å². The van der Waals surface area contributed by atoms with E-state index in [1.807, 2.05) is 24.3 Å². The number of methoxy groups -OCH3 is 2. The third kappa shape index (κ3) is 4.44. The summed E-state index contributed by atoms with van der Waals surface area (Å²) in [7, 11) is 3.23. The van der Waals surface area contributed by atoms with Gasteiger partial charge in [-0.1, -0.05) is 41.4 Å². The van der Waals surface area contributed by atoms with Gasteiger partial charge in [0.25, 0.3) is 0 Å². The highest BCUT2D eigenvalue weighted by Crippen LogP contribution is 2.39. The summed E-state index contributed by atoms with van der Waals surface area (Å²) in [5.74, 6) is 1.22. The van der Waals surface area contributed by atoms with Crippen LogP contribution in [-0.2, 0) is 4.79 Å². The fourth-order valence-corrected chi connectivity index (χ4v) is 4.93. The first-order valence-electron chi connectivity index (χ1n) is 11.8. The first-order valence-corrected chi connectivity index (χ1v) is 12.2. The quantitative estimate of drug-likeness (QED) is 0.407. The molecule has 1 N–H and O–H groups in total. The molecule has 186 valence electrons. The van der Waals surface area contributed by atoms with E-state index in [0.29, 0.717) is 28.8 Å². The highest BCUT2D eigenvalue weighted by atomic mass is 35.5. The van der Waals surface area contributed by atoms with Gasteiger partial charge in [-0.15, -0.1) is 0 Å². The van der Waals surface area contributed by atoms with Gasteiger partial charge < -0.3 is 19.7 Å². The van der Waals surface area contributed by atoms with E-state index in [4.69, 9.17) is 26.1 Å². The van der Waals surface area contributed by atoms with Crippen LogP contribution < -0.4 is 19.7 Å². The lowest BCUT2D eigenvalue weighted by Crippen LogP contribution is -2.35. The number of imidazole rings is 1. The summed E-state index contributed by atoms with van der Waals surface area (Å²) < 4.78 is 12.8. The highest BCUT2D eigenvalue weighted by Gasteiger charge is 2.28. The Bertz CT molecular complexity index is 1430. The second kappa shape index (κ2) is 9.70. The number of nitrogens with one attached hydrogen (secondary N) is 1. The molecule has 36 heavy (non-hydrogen) atoms. The van der Waals surface area contributed by atoms with Gasteiger partial charge in [0.2, 0.25) is 5.91 Å². The van der Waals surface area contributed by atoms with Crippen molar-refractivity contribution in [1.29, 1.82) is 0 Å². The molecule has 1 unspecified atom stereocenters. The molecule has 0 spiro atoms. The Labute approximate surface area is 214 Å². The van der Waals surface area contributed by atoms with Crippen molar-refractivity contribution in [1.82, 2.24) is 19.9 Å². The van der Waals surface area contributed by atoms with Crippen molar-refractivity contribution in [2.45, 2.75) is 26.3 Å². The summed E-state index contributed by atoms with van der Waals surface area (Å²) in [5, 5.41) is 8.04. The van der Waals surface area contributed by atoms with E-state index in [0.717, 1.165) is 46.7 Å². The number of carbonyl (C=O) groups excluding carboxylic acids is 1. The minimum atomic E-state index is -0.0297. The molecule has 9 heteroatoms. The molecule has 1 aliphatic rings. The molecule has 0 bridgehead atoms. The average Bonchev–Trinajstić information content (AvgIpc) is 3.48. The van der Waals surface area contributed by atoms with Crippen LogP contribution in [-0.4, -0.2) is 53.9 Å². The highest BCUT2D eigenvalue weighted by molar-refractivity contribution is 6.29. The third-order valence-corrected chi connectivity index (χ3v) is 6.64. The van der Waals surface area contributed by atoms with Crippen LogP contribution in [0.2, 0.25) is 5.15 Å². The molecule has 2 aromatic carbocycles. The molecule has 3 heterocycles. The Morgan fingerprint density at radius 3 is 2.47 bits per heavy atom.